The van der Waals surface area contributed by atoms with Crippen molar-refractivity contribution in [2.75, 3.05) is 0 Å². The Morgan fingerprint density at radius 3 is 3.00 bits per heavy atom. The Bertz CT molecular complexity index is 297. The molecule has 3 heteroatoms. The first-order valence-corrected chi connectivity index (χ1v) is 4.26. The summed E-state index contributed by atoms with van der Waals surface area (Å²) in [6, 6.07) is 1.91. The summed E-state index contributed by atoms with van der Waals surface area (Å²) >= 11 is 0. The molecule has 0 amide bonds. The molecule has 0 spiro atoms. The fourth-order valence-electron chi connectivity index (χ4n) is 1.04. The van der Waals surface area contributed by atoms with Crippen LogP contribution in [-0.4, -0.2) is 10.2 Å². The van der Waals surface area contributed by atoms with Gasteiger partial charge in [-0.05, 0) is 25.0 Å². The summed E-state index contributed by atoms with van der Waals surface area (Å²) in [5.74, 6) is 5.82. The van der Waals surface area contributed by atoms with Gasteiger partial charge in [0.15, 0.2) is 0 Å². The minimum absolute atomic E-state index is 0.0244. The van der Waals surface area contributed by atoms with E-state index in [-0.39, 0.29) is 6.04 Å². The van der Waals surface area contributed by atoms with Gasteiger partial charge in [0.25, 0.3) is 0 Å². The van der Waals surface area contributed by atoms with E-state index in [0.29, 0.717) is 0 Å². The van der Waals surface area contributed by atoms with Crippen molar-refractivity contribution >= 4 is 0 Å². The summed E-state index contributed by atoms with van der Waals surface area (Å²) in [5.41, 5.74) is 6.92. The molecule has 1 unspecified atom stereocenters. The Morgan fingerprint density at radius 2 is 2.38 bits per heavy atom. The van der Waals surface area contributed by atoms with Crippen molar-refractivity contribution in [2.45, 2.75) is 25.8 Å². The first-order chi connectivity index (χ1) is 6.34. The summed E-state index contributed by atoms with van der Waals surface area (Å²) in [5, 5.41) is 7.46. The molecule has 68 valence electrons. The highest BCUT2D eigenvalue weighted by atomic mass is 15.1. The lowest BCUT2D eigenvalue weighted by Gasteiger charge is -2.07. The maximum absolute atomic E-state index is 5.90. The second kappa shape index (κ2) is 5.28. The lowest BCUT2D eigenvalue weighted by atomic mass is 10.1. The molecule has 1 atom stereocenters. The molecule has 1 rings (SSSR count). The standard InChI is InChI=1S/C10H13N3/c1-2-3-4-5-10(11)9-6-7-12-13-8-9/h6-8,10H,4-5,11H2,1H3. The van der Waals surface area contributed by atoms with Crippen molar-refractivity contribution in [1.82, 2.24) is 10.2 Å². The zero-order valence-electron chi connectivity index (χ0n) is 7.70. The van der Waals surface area contributed by atoms with E-state index < -0.39 is 0 Å². The Labute approximate surface area is 78.4 Å². The van der Waals surface area contributed by atoms with Crippen LogP contribution in [0.4, 0.5) is 0 Å². The number of rotatable bonds is 3. The predicted octanol–water partition coefficient (Wildman–Crippen LogP) is 1.28. The molecule has 0 aliphatic heterocycles. The highest BCUT2D eigenvalue weighted by Gasteiger charge is 2.03. The Morgan fingerprint density at radius 1 is 1.54 bits per heavy atom. The van der Waals surface area contributed by atoms with E-state index >= 15 is 0 Å². The summed E-state index contributed by atoms with van der Waals surface area (Å²) in [4.78, 5) is 0. The third-order valence-corrected chi connectivity index (χ3v) is 1.79. The smallest absolute Gasteiger partial charge is 0.0543 e. The molecule has 13 heavy (non-hydrogen) atoms. The predicted molar refractivity (Wildman–Crippen MR) is 51.6 cm³/mol. The molecule has 3 nitrogen and oxygen atoms in total. The SMILES string of the molecule is CC#CCCC(N)c1ccnnc1. The van der Waals surface area contributed by atoms with Crippen LogP contribution in [0.15, 0.2) is 18.5 Å². The monoisotopic (exact) mass is 175 g/mol. The maximum atomic E-state index is 5.90. The van der Waals surface area contributed by atoms with E-state index in [9.17, 15) is 0 Å². The van der Waals surface area contributed by atoms with Crippen molar-refractivity contribution in [3.63, 3.8) is 0 Å². The quantitative estimate of drug-likeness (QED) is 0.704. The number of hydrogen-bond donors (Lipinski definition) is 1. The summed E-state index contributed by atoms with van der Waals surface area (Å²) in [6.45, 7) is 1.83. The first kappa shape index (κ1) is 9.69. The molecule has 0 bridgehead atoms. The molecule has 0 fully saturated rings. The average molecular weight is 175 g/mol. The fraction of sp³-hybridized carbons (Fsp3) is 0.400. The number of nitrogens with zero attached hydrogens (tertiary/aromatic N) is 2. The summed E-state index contributed by atoms with van der Waals surface area (Å²) in [7, 11) is 0. The van der Waals surface area contributed by atoms with Crippen LogP contribution in [-0.2, 0) is 0 Å². The first-order valence-electron chi connectivity index (χ1n) is 4.26. The van der Waals surface area contributed by atoms with Gasteiger partial charge in [-0.2, -0.15) is 10.2 Å². The lowest BCUT2D eigenvalue weighted by molar-refractivity contribution is 0.661. The highest BCUT2D eigenvalue weighted by Crippen LogP contribution is 2.12. The van der Waals surface area contributed by atoms with Crippen molar-refractivity contribution in [1.29, 1.82) is 0 Å². The van der Waals surface area contributed by atoms with E-state index in [1.54, 1.807) is 12.4 Å². The van der Waals surface area contributed by atoms with Crippen LogP contribution in [0.3, 0.4) is 0 Å². The van der Waals surface area contributed by atoms with Crippen LogP contribution < -0.4 is 5.73 Å². The molecule has 1 heterocycles. The molecule has 0 aromatic carbocycles. The van der Waals surface area contributed by atoms with Crippen LogP contribution in [0.1, 0.15) is 31.4 Å². The molecule has 0 aliphatic carbocycles. The van der Waals surface area contributed by atoms with Crippen molar-refractivity contribution < 1.29 is 0 Å². The molecule has 0 saturated heterocycles. The van der Waals surface area contributed by atoms with Gasteiger partial charge in [-0.25, -0.2) is 0 Å². The zero-order chi connectivity index (χ0) is 9.52. The van der Waals surface area contributed by atoms with Gasteiger partial charge in [-0.3, -0.25) is 0 Å². The Balaban J connectivity index is 2.47. The van der Waals surface area contributed by atoms with Gasteiger partial charge in [0.1, 0.15) is 0 Å². The largest absolute Gasteiger partial charge is 0.324 e. The zero-order valence-corrected chi connectivity index (χ0v) is 7.70. The van der Waals surface area contributed by atoms with E-state index in [0.717, 1.165) is 18.4 Å². The summed E-state index contributed by atoms with van der Waals surface area (Å²) < 4.78 is 0. The van der Waals surface area contributed by atoms with E-state index in [1.165, 1.54) is 0 Å². The van der Waals surface area contributed by atoms with Crippen LogP contribution in [0.5, 0.6) is 0 Å². The molecular weight excluding hydrogens is 162 g/mol. The van der Waals surface area contributed by atoms with Gasteiger partial charge < -0.3 is 5.73 Å². The van der Waals surface area contributed by atoms with Crippen molar-refractivity contribution in [2.24, 2.45) is 5.73 Å². The molecule has 0 radical (unpaired) electrons. The van der Waals surface area contributed by atoms with Crippen LogP contribution in [0, 0.1) is 11.8 Å². The molecular formula is C10H13N3. The fourth-order valence-corrected chi connectivity index (χ4v) is 1.04. The van der Waals surface area contributed by atoms with Gasteiger partial charge in [-0.1, -0.05) is 0 Å². The van der Waals surface area contributed by atoms with Crippen molar-refractivity contribution in [3.8, 4) is 11.8 Å². The number of aromatic nitrogens is 2. The number of nitrogens with two attached hydrogens (primary N) is 1. The third-order valence-electron chi connectivity index (χ3n) is 1.79. The van der Waals surface area contributed by atoms with E-state index in [4.69, 9.17) is 5.73 Å². The lowest BCUT2D eigenvalue weighted by Crippen LogP contribution is -2.10. The van der Waals surface area contributed by atoms with Crippen LogP contribution in [0.25, 0.3) is 0 Å². The minimum atomic E-state index is 0.0244. The van der Waals surface area contributed by atoms with E-state index in [1.807, 2.05) is 13.0 Å². The van der Waals surface area contributed by atoms with Gasteiger partial charge in [-0.15, -0.1) is 11.8 Å². The minimum Gasteiger partial charge on any atom is -0.324 e. The second-order valence-corrected chi connectivity index (χ2v) is 2.75. The Kier molecular flexibility index (Phi) is 3.94. The third kappa shape index (κ3) is 3.22. The molecule has 1 aromatic rings. The molecule has 2 N–H and O–H groups in total. The highest BCUT2D eigenvalue weighted by molar-refractivity contribution is 5.11. The van der Waals surface area contributed by atoms with Gasteiger partial charge in [0, 0.05) is 18.7 Å². The number of hydrogen-bond acceptors (Lipinski definition) is 3. The van der Waals surface area contributed by atoms with Crippen molar-refractivity contribution in [3.05, 3.63) is 24.0 Å². The Hall–Kier alpha value is -1.40. The normalized spacial score (nSPS) is 11.5. The van der Waals surface area contributed by atoms with Gasteiger partial charge >= 0.3 is 0 Å². The van der Waals surface area contributed by atoms with Crippen LogP contribution >= 0.6 is 0 Å². The second-order valence-electron chi connectivity index (χ2n) is 2.75. The molecule has 0 aliphatic rings. The van der Waals surface area contributed by atoms with Gasteiger partial charge in [0.2, 0.25) is 0 Å². The maximum Gasteiger partial charge on any atom is 0.0543 e. The molecule has 1 aromatic heterocycles. The average Bonchev–Trinajstić information content (AvgIpc) is 2.19. The summed E-state index contributed by atoms with van der Waals surface area (Å²) in [6.07, 6.45) is 5.05. The van der Waals surface area contributed by atoms with Crippen LogP contribution in [0.2, 0.25) is 0 Å². The van der Waals surface area contributed by atoms with E-state index in [2.05, 4.69) is 22.0 Å². The topological polar surface area (TPSA) is 51.8 Å². The van der Waals surface area contributed by atoms with Gasteiger partial charge in [0.05, 0.1) is 6.20 Å². The molecule has 0 saturated carbocycles.